The van der Waals surface area contributed by atoms with Crippen LogP contribution in [0.5, 0.6) is 11.8 Å². The van der Waals surface area contributed by atoms with Crippen molar-refractivity contribution < 1.29 is 9.47 Å². The van der Waals surface area contributed by atoms with E-state index < -0.39 is 0 Å². The van der Waals surface area contributed by atoms with Crippen molar-refractivity contribution in [2.24, 2.45) is 0 Å². The molecule has 0 bridgehead atoms. The maximum Gasteiger partial charge on any atom is 0.224 e. The fourth-order valence-corrected chi connectivity index (χ4v) is 3.51. The van der Waals surface area contributed by atoms with E-state index in [0.717, 1.165) is 60.6 Å². The number of aryl methyl sites for hydroxylation is 1. The first-order valence-electron chi connectivity index (χ1n) is 9.89. The molecule has 3 aromatic heterocycles. The number of nitrogens with zero attached hydrogens (tertiary/aromatic N) is 5. The van der Waals surface area contributed by atoms with E-state index in [9.17, 15) is 0 Å². The second kappa shape index (κ2) is 8.91. The molecule has 7 nitrogen and oxygen atoms in total. The second-order valence-electron chi connectivity index (χ2n) is 6.61. The molecule has 28 heavy (non-hydrogen) atoms. The number of fused-ring (bicyclic) bond motifs is 1. The van der Waals surface area contributed by atoms with Gasteiger partial charge in [0.1, 0.15) is 0 Å². The molecular weight excluding hydrogens is 354 g/mol. The van der Waals surface area contributed by atoms with Crippen LogP contribution in [-0.4, -0.2) is 46.9 Å². The van der Waals surface area contributed by atoms with Crippen molar-refractivity contribution in [3.8, 4) is 22.9 Å². The molecule has 0 N–H and O–H groups in total. The van der Waals surface area contributed by atoms with Gasteiger partial charge in [-0.25, -0.2) is 4.98 Å². The molecule has 0 fully saturated rings. The van der Waals surface area contributed by atoms with Crippen LogP contribution in [0.2, 0.25) is 0 Å². The van der Waals surface area contributed by atoms with Crippen LogP contribution in [-0.2, 0) is 6.42 Å². The van der Waals surface area contributed by atoms with Crippen molar-refractivity contribution in [1.29, 1.82) is 0 Å². The summed E-state index contributed by atoms with van der Waals surface area (Å²) in [5.41, 5.74) is 3.68. The van der Waals surface area contributed by atoms with E-state index in [1.54, 1.807) is 14.2 Å². The molecule has 3 rings (SSSR count). The predicted molar refractivity (Wildman–Crippen MR) is 111 cm³/mol. The molecule has 0 saturated carbocycles. The van der Waals surface area contributed by atoms with Gasteiger partial charge in [-0.1, -0.05) is 20.8 Å². The molecule has 0 aromatic carbocycles. The Hall–Kier alpha value is -2.83. The number of aromatic nitrogens is 4. The van der Waals surface area contributed by atoms with Crippen LogP contribution in [0.4, 0.5) is 5.82 Å². The summed E-state index contributed by atoms with van der Waals surface area (Å²) in [6, 6.07) is 5.75. The highest BCUT2D eigenvalue weighted by Crippen LogP contribution is 2.34. The Morgan fingerprint density at radius 3 is 2.29 bits per heavy atom. The largest absolute Gasteiger partial charge is 0.481 e. The average Bonchev–Trinajstić information content (AvgIpc) is 3.11. The minimum Gasteiger partial charge on any atom is -0.481 e. The molecule has 3 heterocycles. The third kappa shape index (κ3) is 3.61. The lowest BCUT2D eigenvalue weighted by Gasteiger charge is -2.23. The van der Waals surface area contributed by atoms with Crippen LogP contribution >= 0.6 is 0 Å². The van der Waals surface area contributed by atoms with Gasteiger partial charge in [0.25, 0.3) is 0 Å². The topological polar surface area (TPSA) is 64.8 Å². The average molecular weight is 383 g/mol. The van der Waals surface area contributed by atoms with E-state index in [1.165, 1.54) is 0 Å². The molecule has 0 aliphatic rings. The highest BCUT2D eigenvalue weighted by Gasteiger charge is 2.21. The molecule has 0 radical (unpaired) electrons. The summed E-state index contributed by atoms with van der Waals surface area (Å²) < 4.78 is 12.7. The third-order valence-corrected chi connectivity index (χ3v) is 4.71. The van der Waals surface area contributed by atoms with Crippen LogP contribution < -0.4 is 14.4 Å². The summed E-state index contributed by atoms with van der Waals surface area (Å²) in [7, 11) is 3.21. The zero-order valence-corrected chi connectivity index (χ0v) is 17.4. The van der Waals surface area contributed by atoms with Gasteiger partial charge >= 0.3 is 0 Å². The van der Waals surface area contributed by atoms with Crippen LogP contribution in [0.25, 0.3) is 16.8 Å². The fraction of sp³-hybridized carbons (Fsp3) is 0.476. The lowest BCUT2D eigenvalue weighted by atomic mass is 10.1. The number of hydrogen-bond acceptors (Lipinski definition) is 6. The van der Waals surface area contributed by atoms with Gasteiger partial charge in [0.05, 0.1) is 19.9 Å². The van der Waals surface area contributed by atoms with Gasteiger partial charge in [-0.15, -0.1) is 0 Å². The van der Waals surface area contributed by atoms with E-state index >= 15 is 0 Å². The maximum atomic E-state index is 5.52. The van der Waals surface area contributed by atoms with E-state index in [4.69, 9.17) is 14.5 Å². The van der Waals surface area contributed by atoms with Crippen molar-refractivity contribution in [2.75, 3.05) is 32.2 Å². The van der Waals surface area contributed by atoms with Crippen molar-refractivity contribution in [3.63, 3.8) is 0 Å². The molecule has 0 saturated heterocycles. The fourth-order valence-electron chi connectivity index (χ4n) is 3.51. The van der Waals surface area contributed by atoms with Crippen molar-refractivity contribution in [2.45, 2.75) is 40.0 Å². The summed E-state index contributed by atoms with van der Waals surface area (Å²) in [4.78, 5) is 11.8. The van der Waals surface area contributed by atoms with Crippen LogP contribution in [0.1, 0.15) is 39.3 Å². The smallest absolute Gasteiger partial charge is 0.224 e. The van der Waals surface area contributed by atoms with E-state index in [0.29, 0.717) is 11.8 Å². The molecule has 0 atom stereocenters. The molecule has 0 aliphatic carbocycles. The number of pyridine rings is 1. The summed E-state index contributed by atoms with van der Waals surface area (Å²) in [6.45, 7) is 8.49. The molecule has 0 amide bonds. The highest BCUT2D eigenvalue weighted by molar-refractivity contribution is 5.82. The number of hydrogen-bond donors (Lipinski definition) is 0. The Bertz CT molecular complexity index is 932. The van der Waals surface area contributed by atoms with Crippen molar-refractivity contribution in [1.82, 2.24) is 19.6 Å². The lowest BCUT2D eigenvalue weighted by Crippen LogP contribution is -2.27. The van der Waals surface area contributed by atoms with Gasteiger partial charge in [-0.05, 0) is 31.4 Å². The molecular formula is C21H29N5O2. The van der Waals surface area contributed by atoms with Gasteiger partial charge in [0.2, 0.25) is 11.8 Å². The van der Waals surface area contributed by atoms with E-state index in [1.807, 2.05) is 28.9 Å². The summed E-state index contributed by atoms with van der Waals surface area (Å²) in [6.07, 6.45) is 4.81. The van der Waals surface area contributed by atoms with Crippen LogP contribution in [0.3, 0.4) is 0 Å². The normalized spacial score (nSPS) is 11.0. The Kier molecular flexibility index (Phi) is 6.34. The Labute approximate surface area is 166 Å². The molecule has 150 valence electrons. The molecule has 0 spiro atoms. The molecule has 7 heteroatoms. The van der Waals surface area contributed by atoms with E-state index in [2.05, 4.69) is 35.8 Å². The Balaban J connectivity index is 2.22. The zero-order chi connectivity index (χ0) is 20.1. The summed E-state index contributed by atoms with van der Waals surface area (Å²) in [5, 5.41) is 4.64. The number of anilines is 1. The summed E-state index contributed by atoms with van der Waals surface area (Å²) in [5.74, 6) is 2.11. The minimum absolute atomic E-state index is 0.508. The second-order valence-corrected chi connectivity index (χ2v) is 6.61. The van der Waals surface area contributed by atoms with Crippen LogP contribution in [0, 0.1) is 0 Å². The van der Waals surface area contributed by atoms with Gasteiger partial charge in [0.15, 0.2) is 11.5 Å². The van der Waals surface area contributed by atoms with Gasteiger partial charge in [0, 0.05) is 36.5 Å². The van der Waals surface area contributed by atoms with Gasteiger partial charge in [-0.2, -0.15) is 14.6 Å². The molecule has 0 unspecified atom stereocenters. The maximum absolute atomic E-state index is 5.52. The zero-order valence-electron chi connectivity index (χ0n) is 17.4. The monoisotopic (exact) mass is 383 g/mol. The minimum atomic E-state index is 0.508. The SMILES string of the molecule is CCCN(CCC)c1c(CC)nc2c(-c3ccc(OC)nc3OC)ccnn12. The number of rotatable bonds is 9. The first-order valence-corrected chi connectivity index (χ1v) is 9.89. The quantitative estimate of drug-likeness (QED) is 0.556. The third-order valence-electron chi connectivity index (χ3n) is 4.71. The number of methoxy groups -OCH3 is 2. The standard InChI is InChI=1S/C21H29N5O2/c1-6-13-25(14-7-2)21-17(8-3)23-19-15(11-12-22-26(19)21)16-9-10-18(27-4)24-20(16)28-5/h9-12H,6-8,13-14H2,1-5H3. The highest BCUT2D eigenvalue weighted by atomic mass is 16.5. The van der Waals surface area contributed by atoms with Gasteiger partial charge in [-0.3, -0.25) is 0 Å². The lowest BCUT2D eigenvalue weighted by molar-refractivity contribution is 0.366. The van der Waals surface area contributed by atoms with Gasteiger partial charge < -0.3 is 14.4 Å². The number of imidazole rings is 1. The molecule has 3 aromatic rings. The van der Waals surface area contributed by atoms with Crippen molar-refractivity contribution in [3.05, 3.63) is 30.1 Å². The first kappa shape index (κ1) is 19.9. The predicted octanol–water partition coefficient (Wildman–Crippen LogP) is 4.00. The Morgan fingerprint density at radius 2 is 1.68 bits per heavy atom. The summed E-state index contributed by atoms with van der Waals surface area (Å²) >= 11 is 0. The Morgan fingerprint density at radius 1 is 0.929 bits per heavy atom. The molecule has 0 aliphatic heterocycles. The van der Waals surface area contributed by atoms with Crippen molar-refractivity contribution >= 4 is 11.5 Å². The van der Waals surface area contributed by atoms with E-state index in [-0.39, 0.29) is 0 Å². The van der Waals surface area contributed by atoms with Crippen LogP contribution in [0.15, 0.2) is 24.4 Å². The number of ether oxygens (including phenoxy) is 2. The first-order chi connectivity index (χ1) is 13.7.